The lowest BCUT2D eigenvalue weighted by Gasteiger charge is -2.03. The molecule has 96 valence electrons. The van der Waals surface area contributed by atoms with Gasteiger partial charge in [0.05, 0.1) is 13.0 Å². The summed E-state index contributed by atoms with van der Waals surface area (Å²) >= 11 is 0. The molecule has 0 aromatic carbocycles. The van der Waals surface area contributed by atoms with Gasteiger partial charge >= 0.3 is 0 Å². The molecule has 0 fully saturated rings. The fraction of sp³-hybridized carbons (Fsp3) is 0.385. The number of fused-ring (bicyclic) bond motifs is 1. The number of amides is 1. The highest BCUT2D eigenvalue weighted by atomic mass is 16.5. The molecule has 2 aromatic rings. The monoisotopic (exact) mass is 247 g/mol. The number of hydrogen-bond acceptors (Lipinski definition) is 3. The van der Waals surface area contributed by atoms with Crippen molar-refractivity contribution in [3.05, 3.63) is 30.1 Å². The van der Waals surface area contributed by atoms with Crippen molar-refractivity contribution >= 4 is 16.9 Å². The summed E-state index contributed by atoms with van der Waals surface area (Å²) in [7, 11) is 3.55. The molecule has 0 saturated carbocycles. The number of rotatable bonds is 5. The molecule has 2 aromatic heterocycles. The number of ether oxygens (including phenoxy) is 1. The quantitative estimate of drug-likeness (QED) is 0.798. The molecule has 1 amide bonds. The molecule has 0 bridgehead atoms. The maximum atomic E-state index is 11.7. The van der Waals surface area contributed by atoms with Gasteiger partial charge in [-0.05, 0) is 17.7 Å². The number of methoxy groups -OCH3 is 1. The van der Waals surface area contributed by atoms with Gasteiger partial charge in [-0.1, -0.05) is 0 Å². The number of nitrogens with one attached hydrogen (secondary N) is 1. The van der Waals surface area contributed by atoms with Gasteiger partial charge in [-0.2, -0.15) is 0 Å². The minimum absolute atomic E-state index is 0.00315. The Balaban J connectivity index is 2.10. The molecule has 18 heavy (non-hydrogen) atoms. The van der Waals surface area contributed by atoms with Gasteiger partial charge < -0.3 is 14.6 Å². The lowest BCUT2D eigenvalue weighted by molar-refractivity contribution is -0.120. The summed E-state index contributed by atoms with van der Waals surface area (Å²) in [5.41, 5.74) is 1.90. The summed E-state index contributed by atoms with van der Waals surface area (Å²) in [6, 6.07) is 3.87. The van der Waals surface area contributed by atoms with Crippen molar-refractivity contribution in [3.8, 4) is 0 Å². The average molecular weight is 247 g/mol. The molecule has 0 spiro atoms. The Labute approximate surface area is 106 Å². The maximum Gasteiger partial charge on any atom is 0.224 e. The second-order valence-electron chi connectivity index (χ2n) is 4.16. The summed E-state index contributed by atoms with van der Waals surface area (Å²) in [5, 5.41) is 3.84. The lowest BCUT2D eigenvalue weighted by Crippen LogP contribution is -2.28. The van der Waals surface area contributed by atoms with E-state index in [2.05, 4.69) is 10.3 Å². The molecule has 0 aliphatic rings. The van der Waals surface area contributed by atoms with Crippen LogP contribution in [0.5, 0.6) is 0 Å². The van der Waals surface area contributed by atoms with Crippen LogP contribution < -0.4 is 5.32 Å². The minimum Gasteiger partial charge on any atom is -0.383 e. The molecule has 0 unspecified atom stereocenters. The van der Waals surface area contributed by atoms with E-state index in [9.17, 15) is 4.79 Å². The van der Waals surface area contributed by atoms with Gasteiger partial charge in [0.2, 0.25) is 5.91 Å². The van der Waals surface area contributed by atoms with Gasteiger partial charge in [0.1, 0.15) is 5.65 Å². The predicted octanol–water partition coefficient (Wildman–Crippen LogP) is 0.878. The van der Waals surface area contributed by atoms with E-state index >= 15 is 0 Å². The molecule has 0 atom stereocenters. The SMILES string of the molecule is COCCNC(=O)Cc1cn(C)c2ncccc12. The molecule has 0 aliphatic heterocycles. The zero-order valence-electron chi connectivity index (χ0n) is 10.6. The van der Waals surface area contributed by atoms with Crippen LogP contribution in [0.25, 0.3) is 11.0 Å². The van der Waals surface area contributed by atoms with Crippen molar-refractivity contribution in [3.63, 3.8) is 0 Å². The minimum atomic E-state index is 0.00315. The summed E-state index contributed by atoms with van der Waals surface area (Å²) < 4.78 is 6.83. The average Bonchev–Trinajstić information content (AvgIpc) is 2.67. The molecule has 0 aliphatic carbocycles. The van der Waals surface area contributed by atoms with E-state index < -0.39 is 0 Å². The first kappa shape index (κ1) is 12.6. The standard InChI is InChI=1S/C13H17N3O2/c1-16-9-10(8-12(17)14-6-7-18-2)11-4-3-5-15-13(11)16/h3-5,9H,6-8H2,1-2H3,(H,14,17). The first-order chi connectivity index (χ1) is 8.72. The molecule has 5 nitrogen and oxygen atoms in total. The van der Waals surface area contributed by atoms with Crippen LogP contribution in [0, 0.1) is 0 Å². The molecule has 5 heteroatoms. The molecule has 2 heterocycles. The molecule has 1 N–H and O–H groups in total. The molecule has 2 rings (SSSR count). The molecular weight excluding hydrogens is 230 g/mol. The van der Waals surface area contributed by atoms with Crippen LogP contribution >= 0.6 is 0 Å². The maximum absolute atomic E-state index is 11.7. The Morgan fingerprint density at radius 3 is 3.17 bits per heavy atom. The third-order valence-corrected chi connectivity index (χ3v) is 2.80. The predicted molar refractivity (Wildman–Crippen MR) is 69.3 cm³/mol. The van der Waals surface area contributed by atoms with Crippen molar-refractivity contribution < 1.29 is 9.53 Å². The van der Waals surface area contributed by atoms with Crippen molar-refractivity contribution in [2.24, 2.45) is 7.05 Å². The van der Waals surface area contributed by atoms with Crippen LogP contribution in [0.3, 0.4) is 0 Å². The van der Waals surface area contributed by atoms with Crippen molar-refractivity contribution in [2.75, 3.05) is 20.3 Å². The number of hydrogen-bond donors (Lipinski definition) is 1. The van der Waals surface area contributed by atoms with E-state index in [4.69, 9.17) is 4.74 Å². The second kappa shape index (κ2) is 5.64. The highest BCUT2D eigenvalue weighted by molar-refractivity contribution is 5.87. The topological polar surface area (TPSA) is 56.1 Å². The summed E-state index contributed by atoms with van der Waals surface area (Å²) in [6.07, 6.45) is 4.07. The highest BCUT2D eigenvalue weighted by Gasteiger charge is 2.10. The third kappa shape index (κ3) is 2.68. The van der Waals surface area contributed by atoms with Crippen molar-refractivity contribution in [1.29, 1.82) is 0 Å². The summed E-state index contributed by atoms with van der Waals surface area (Å²) in [6.45, 7) is 1.07. The Morgan fingerprint density at radius 1 is 1.56 bits per heavy atom. The normalized spacial score (nSPS) is 10.8. The van der Waals surface area contributed by atoms with E-state index in [1.54, 1.807) is 13.3 Å². The van der Waals surface area contributed by atoms with Gasteiger partial charge in [-0.15, -0.1) is 0 Å². The number of nitrogens with zero attached hydrogens (tertiary/aromatic N) is 2. The van der Waals surface area contributed by atoms with Gasteiger partial charge in [0, 0.05) is 38.5 Å². The number of aryl methyl sites for hydroxylation is 1. The largest absolute Gasteiger partial charge is 0.383 e. The number of carbonyl (C=O) groups excluding carboxylic acids is 1. The van der Waals surface area contributed by atoms with Crippen LogP contribution in [0.4, 0.5) is 0 Å². The lowest BCUT2D eigenvalue weighted by atomic mass is 10.1. The van der Waals surface area contributed by atoms with E-state index in [1.165, 1.54) is 0 Å². The Kier molecular flexibility index (Phi) is 3.94. The van der Waals surface area contributed by atoms with Crippen molar-refractivity contribution in [1.82, 2.24) is 14.9 Å². The Hall–Kier alpha value is -1.88. The van der Waals surface area contributed by atoms with E-state index in [0.29, 0.717) is 19.6 Å². The van der Waals surface area contributed by atoms with E-state index in [-0.39, 0.29) is 5.91 Å². The number of pyridine rings is 1. The summed E-state index contributed by atoms with van der Waals surface area (Å²) in [5.74, 6) is 0.00315. The van der Waals surface area contributed by atoms with Crippen LogP contribution in [0.1, 0.15) is 5.56 Å². The number of aromatic nitrogens is 2. The van der Waals surface area contributed by atoms with Crippen LogP contribution in [0.2, 0.25) is 0 Å². The third-order valence-electron chi connectivity index (χ3n) is 2.80. The molecule has 0 saturated heterocycles. The first-order valence-corrected chi connectivity index (χ1v) is 5.87. The molecular formula is C13H17N3O2. The van der Waals surface area contributed by atoms with Gasteiger partial charge in [-0.25, -0.2) is 4.98 Å². The fourth-order valence-corrected chi connectivity index (χ4v) is 1.96. The molecule has 0 radical (unpaired) electrons. The van der Waals surface area contributed by atoms with E-state index in [1.807, 2.05) is 29.9 Å². The zero-order chi connectivity index (χ0) is 13.0. The second-order valence-corrected chi connectivity index (χ2v) is 4.16. The van der Waals surface area contributed by atoms with Gasteiger partial charge in [0.15, 0.2) is 0 Å². The highest BCUT2D eigenvalue weighted by Crippen LogP contribution is 2.18. The summed E-state index contributed by atoms with van der Waals surface area (Å²) in [4.78, 5) is 16.0. The van der Waals surface area contributed by atoms with Crippen LogP contribution in [-0.4, -0.2) is 35.7 Å². The first-order valence-electron chi connectivity index (χ1n) is 5.87. The van der Waals surface area contributed by atoms with Gasteiger partial charge in [-0.3, -0.25) is 4.79 Å². The van der Waals surface area contributed by atoms with Crippen molar-refractivity contribution in [2.45, 2.75) is 6.42 Å². The fourth-order valence-electron chi connectivity index (χ4n) is 1.96. The zero-order valence-corrected chi connectivity index (χ0v) is 10.6. The Morgan fingerprint density at radius 2 is 2.39 bits per heavy atom. The number of carbonyl (C=O) groups is 1. The Bertz CT molecular complexity index is 548. The smallest absolute Gasteiger partial charge is 0.224 e. The van der Waals surface area contributed by atoms with Crippen LogP contribution in [-0.2, 0) is 23.0 Å². The van der Waals surface area contributed by atoms with E-state index in [0.717, 1.165) is 16.6 Å². The van der Waals surface area contributed by atoms with Gasteiger partial charge in [0.25, 0.3) is 0 Å². The van der Waals surface area contributed by atoms with Crippen LogP contribution in [0.15, 0.2) is 24.5 Å².